The lowest BCUT2D eigenvalue weighted by atomic mass is 10.0. The standard InChI is InChI=1S/C12H23NO2/c1-6-9-13(12(3,4)5)11(15)8-7-10(2)14/h6,10,14H,1,7-9H2,2-5H3. The van der Waals surface area contributed by atoms with Crippen LogP contribution in [0.2, 0.25) is 0 Å². The Balaban J connectivity index is 4.36. The number of aliphatic hydroxyl groups excluding tert-OH is 1. The average molecular weight is 213 g/mol. The summed E-state index contributed by atoms with van der Waals surface area (Å²) in [5, 5.41) is 9.12. The number of amides is 1. The molecule has 0 aromatic heterocycles. The van der Waals surface area contributed by atoms with E-state index in [0.29, 0.717) is 19.4 Å². The van der Waals surface area contributed by atoms with Crippen molar-refractivity contribution >= 4 is 5.91 Å². The SMILES string of the molecule is C=CCN(C(=O)CCC(C)O)C(C)(C)C. The minimum atomic E-state index is -0.417. The number of carbonyl (C=O) groups excluding carboxylic acids is 1. The van der Waals surface area contributed by atoms with E-state index in [0.717, 1.165) is 0 Å². The minimum absolute atomic E-state index is 0.0725. The smallest absolute Gasteiger partial charge is 0.223 e. The van der Waals surface area contributed by atoms with Crippen LogP contribution in [-0.2, 0) is 4.79 Å². The Morgan fingerprint density at radius 3 is 2.40 bits per heavy atom. The Hall–Kier alpha value is -0.830. The van der Waals surface area contributed by atoms with E-state index >= 15 is 0 Å². The molecule has 0 heterocycles. The summed E-state index contributed by atoms with van der Waals surface area (Å²) in [4.78, 5) is 13.6. The van der Waals surface area contributed by atoms with Gasteiger partial charge in [0.05, 0.1) is 6.10 Å². The van der Waals surface area contributed by atoms with Gasteiger partial charge in [0.15, 0.2) is 0 Å². The first kappa shape index (κ1) is 14.2. The van der Waals surface area contributed by atoms with E-state index < -0.39 is 6.10 Å². The molecule has 0 bridgehead atoms. The highest BCUT2D eigenvalue weighted by molar-refractivity contribution is 5.77. The van der Waals surface area contributed by atoms with Crippen molar-refractivity contribution in [1.82, 2.24) is 4.90 Å². The molecule has 0 saturated heterocycles. The van der Waals surface area contributed by atoms with Crippen LogP contribution in [0.25, 0.3) is 0 Å². The maximum Gasteiger partial charge on any atom is 0.223 e. The molecule has 0 saturated carbocycles. The largest absolute Gasteiger partial charge is 0.393 e. The van der Waals surface area contributed by atoms with E-state index in [1.807, 2.05) is 20.8 Å². The molecule has 0 aliphatic heterocycles. The van der Waals surface area contributed by atoms with Gasteiger partial charge in [-0.25, -0.2) is 0 Å². The summed E-state index contributed by atoms with van der Waals surface area (Å²) in [6.45, 7) is 11.9. The van der Waals surface area contributed by atoms with Gasteiger partial charge in [-0.3, -0.25) is 4.79 Å². The van der Waals surface area contributed by atoms with Gasteiger partial charge in [0.25, 0.3) is 0 Å². The van der Waals surface area contributed by atoms with Crippen LogP contribution in [0.15, 0.2) is 12.7 Å². The Labute approximate surface area is 92.8 Å². The second kappa shape index (κ2) is 5.91. The van der Waals surface area contributed by atoms with E-state index in [4.69, 9.17) is 5.11 Å². The van der Waals surface area contributed by atoms with Gasteiger partial charge in [-0.2, -0.15) is 0 Å². The van der Waals surface area contributed by atoms with Crippen molar-refractivity contribution in [3.05, 3.63) is 12.7 Å². The Morgan fingerprint density at radius 2 is 2.07 bits per heavy atom. The van der Waals surface area contributed by atoms with E-state index in [9.17, 15) is 4.79 Å². The highest BCUT2D eigenvalue weighted by atomic mass is 16.3. The molecule has 15 heavy (non-hydrogen) atoms. The third kappa shape index (κ3) is 5.57. The number of hydrogen-bond donors (Lipinski definition) is 1. The molecule has 3 nitrogen and oxygen atoms in total. The molecule has 1 unspecified atom stereocenters. The lowest BCUT2D eigenvalue weighted by Gasteiger charge is -2.35. The van der Waals surface area contributed by atoms with Crippen molar-refractivity contribution in [1.29, 1.82) is 0 Å². The van der Waals surface area contributed by atoms with E-state index in [1.54, 1.807) is 17.9 Å². The predicted molar refractivity (Wildman–Crippen MR) is 62.6 cm³/mol. The maximum atomic E-state index is 11.9. The van der Waals surface area contributed by atoms with Crippen LogP contribution in [0.1, 0.15) is 40.5 Å². The number of rotatable bonds is 5. The molecule has 1 atom stereocenters. The third-order valence-electron chi connectivity index (χ3n) is 2.20. The van der Waals surface area contributed by atoms with Crippen molar-refractivity contribution in [2.24, 2.45) is 0 Å². The number of carbonyl (C=O) groups is 1. The zero-order valence-corrected chi connectivity index (χ0v) is 10.3. The van der Waals surface area contributed by atoms with Gasteiger partial charge < -0.3 is 10.0 Å². The fraction of sp³-hybridized carbons (Fsp3) is 0.750. The third-order valence-corrected chi connectivity index (χ3v) is 2.20. The predicted octanol–water partition coefficient (Wildman–Crippen LogP) is 1.96. The monoisotopic (exact) mass is 213 g/mol. The van der Waals surface area contributed by atoms with Gasteiger partial charge in [0, 0.05) is 18.5 Å². The van der Waals surface area contributed by atoms with Crippen LogP contribution < -0.4 is 0 Å². The van der Waals surface area contributed by atoms with Gasteiger partial charge >= 0.3 is 0 Å². The second-order valence-electron chi connectivity index (χ2n) is 4.85. The van der Waals surface area contributed by atoms with Crippen LogP contribution >= 0.6 is 0 Å². The summed E-state index contributed by atoms with van der Waals surface area (Å²) in [7, 11) is 0. The van der Waals surface area contributed by atoms with Gasteiger partial charge in [-0.1, -0.05) is 6.08 Å². The van der Waals surface area contributed by atoms with Crippen molar-refractivity contribution in [3.8, 4) is 0 Å². The number of nitrogens with zero attached hydrogens (tertiary/aromatic N) is 1. The van der Waals surface area contributed by atoms with Gasteiger partial charge in [0.1, 0.15) is 0 Å². The van der Waals surface area contributed by atoms with E-state index in [-0.39, 0.29) is 11.4 Å². The molecule has 3 heteroatoms. The minimum Gasteiger partial charge on any atom is -0.393 e. The highest BCUT2D eigenvalue weighted by Crippen LogP contribution is 2.15. The Morgan fingerprint density at radius 1 is 1.53 bits per heavy atom. The second-order valence-corrected chi connectivity index (χ2v) is 4.85. The Bertz CT molecular complexity index is 216. The van der Waals surface area contributed by atoms with Gasteiger partial charge in [0.2, 0.25) is 5.91 Å². The molecule has 1 N–H and O–H groups in total. The lowest BCUT2D eigenvalue weighted by molar-refractivity contribution is -0.135. The van der Waals surface area contributed by atoms with E-state index in [1.165, 1.54) is 0 Å². The van der Waals surface area contributed by atoms with Crippen molar-refractivity contribution in [2.45, 2.75) is 52.2 Å². The molecule has 0 aliphatic carbocycles. The van der Waals surface area contributed by atoms with Crippen LogP contribution in [0.5, 0.6) is 0 Å². The molecule has 0 aromatic rings. The summed E-state index contributed by atoms with van der Waals surface area (Å²) < 4.78 is 0. The first-order valence-electron chi connectivity index (χ1n) is 5.38. The summed E-state index contributed by atoms with van der Waals surface area (Å²) in [5.41, 5.74) is -0.191. The molecular formula is C12H23NO2. The summed E-state index contributed by atoms with van der Waals surface area (Å²) in [6, 6.07) is 0. The fourth-order valence-corrected chi connectivity index (χ4v) is 1.35. The van der Waals surface area contributed by atoms with Crippen molar-refractivity contribution in [3.63, 3.8) is 0 Å². The fourth-order valence-electron chi connectivity index (χ4n) is 1.35. The first-order chi connectivity index (χ1) is 6.79. The molecule has 0 rings (SSSR count). The molecule has 0 aliphatic rings. The van der Waals surface area contributed by atoms with Crippen molar-refractivity contribution < 1.29 is 9.90 Å². The maximum absolute atomic E-state index is 11.9. The normalized spacial score (nSPS) is 13.4. The number of aliphatic hydroxyl groups is 1. The zero-order valence-electron chi connectivity index (χ0n) is 10.3. The van der Waals surface area contributed by atoms with Crippen LogP contribution in [0.3, 0.4) is 0 Å². The zero-order chi connectivity index (χ0) is 12.1. The molecule has 0 fully saturated rings. The van der Waals surface area contributed by atoms with Gasteiger partial charge in [-0.15, -0.1) is 6.58 Å². The topological polar surface area (TPSA) is 40.5 Å². The number of hydrogen-bond acceptors (Lipinski definition) is 2. The molecule has 88 valence electrons. The Kier molecular flexibility index (Phi) is 5.58. The summed E-state index contributed by atoms with van der Waals surface area (Å²) >= 11 is 0. The average Bonchev–Trinajstić information content (AvgIpc) is 2.08. The molecule has 1 amide bonds. The summed E-state index contributed by atoms with van der Waals surface area (Å²) in [6.07, 6.45) is 2.22. The quantitative estimate of drug-likeness (QED) is 0.709. The van der Waals surface area contributed by atoms with Crippen LogP contribution in [0.4, 0.5) is 0 Å². The summed E-state index contributed by atoms with van der Waals surface area (Å²) in [5.74, 6) is 0.0725. The van der Waals surface area contributed by atoms with Gasteiger partial charge in [-0.05, 0) is 34.1 Å². The van der Waals surface area contributed by atoms with Crippen molar-refractivity contribution in [2.75, 3.05) is 6.54 Å². The molecular weight excluding hydrogens is 190 g/mol. The lowest BCUT2D eigenvalue weighted by Crippen LogP contribution is -2.45. The first-order valence-corrected chi connectivity index (χ1v) is 5.38. The highest BCUT2D eigenvalue weighted by Gasteiger charge is 2.24. The molecule has 0 radical (unpaired) electrons. The molecule has 0 spiro atoms. The van der Waals surface area contributed by atoms with Crippen LogP contribution in [0, 0.1) is 0 Å². The van der Waals surface area contributed by atoms with E-state index in [2.05, 4.69) is 6.58 Å². The van der Waals surface area contributed by atoms with Crippen LogP contribution in [-0.4, -0.2) is 34.1 Å². The molecule has 0 aromatic carbocycles.